The molecule has 1 heterocycles. The summed E-state index contributed by atoms with van der Waals surface area (Å²) >= 11 is 1.61. The number of piperidine rings is 1. The molecule has 1 saturated heterocycles. The molecule has 22 heavy (non-hydrogen) atoms. The molecule has 3 nitrogen and oxygen atoms in total. The van der Waals surface area contributed by atoms with Gasteiger partial charge in [0.15, 0.2) is 0 Å². The fourth-order valence-electron chi connectivity index (χ4n) is 2.86. The second-order valence-corrected chi connectivity index (χ2v) is 7.11. The van der Waals surface area contributed by atoms with Gasteiger partial charge >= 0.3 is 0 Å². The van der Waals surface area contributed by atoms with Gasteiger partial charge in [0.2, 0.25) is 5.91 Å². The summed E-state index contributed by atoms with van der Waals surface area (Å²) in [7, 11) is 1.96. The average molecular weight is 324 g/mol. The Morgan fingerprint density at radius 2 is 2.18 bits per heavy atom. The molecule has 0 saturated carbocycles. The van der Waals surface area contributed by atoms with Crippen LogP contribution >= 0.6 is 11.8 Å². The van der Waals surface area contributed by atoms with Gasteiger partial charge in [-0.3, -0.25) is 4.79 Å². The second-order valence-electron chi connectivity index (χ2n) is 6.02. The lowest BCUT2D eigenvalue weighted by Gasteiger charge is -2.34. The highest BCUT2D eigenvalue weighted by Gasteiger charge is 2.26. The molecule has 1 aromatic carbocycles. The number of hydrogen-bond donors (Lipinski definition) is 1. The van der Waals surface area contributed by atoms with Gasteiger partial charge in [-0.1, -0.05) is 6.92 Å². The minimum atomic E-state index is -0.225. The van der Waals surface area contributed by atoms with Crippen LogP contribution in [0.3, 0.4) is 0 Å². The van der Waals surface area contributed by atoms with Gasteiger partial charge in [-0.15, -0.1) is 11.8 Å². The van der Waals surface area contributed by atoms with Gasteiger partial charge in [0.05, 0.1) is 0 Å². The standard InChI is InChI=1S/C17H25FN2OS/c1-13(12-22-16-7-5-15(18)6-8-16)17(21)20-9-3-4-14(11-20)10-19-2/h5-8,13-14,19H,3-4,9-12H2,1-2H3. The van der Waals surface area contributed by atoms with Gasteiger partial charge in [-0.05, 0) is 56.6 Å². The Kier molecular flexibility index (Phi) is 6.70. The van der Waals surface area contributed by atoms with Crippen molar-refractivity contribution in [2.24, 2.45) is 11.8 Å². The van der Waals surface area contributed by atoms with Crippen LogP contribution in [0.15, 0.2) is 29.2 Å². The summed E-state index contributed by atoms with van der Waals surface area (Å²) in [5.74, 6) is 1.31. The summed E-state index contributed by atoms with van der Waals surface area (Å²) in [6.45, 7) is 4.71. The topological polar surface area (TPSA) is 32.3 Å². The van der Waals surface area contributed by atoms with Gasteiger partial charge in [0.1, 0.15) is 5.82 Å². The molecule has 2 rings (SSSR count). The third-order valence-electron chi connectivity index (χ3n) is 4.06. The average Bonchev–Trinajstić information content (AvgIpc) is 2.54. The summed E-state index contributed by atoms with van der Waals surface area (Å²) in [6, 6.07) is 6.45. The van der Waals surface area contributed by atoms with E-state index in [0.717, 1.165) is 36.7 Å². The number of amides is 1. The van der Waals surface area contributed by atoms with Crippen LogP contribution in [0.25, 0.3) is 0 Å². The molecule has 0 radical (unpaired) electrons. The molecule has 122 valence electrons. The highest BCUT2D eigenvalue weighted by molar-refractivity contribution is 7.99. The van der Waals surface area contributed by atoms with Crippen LogP contribution in [0.2, 0.25) is 0 Å². The third-order valence-corrected chi connectivity index (χ3v) is 5.33. The quantitative estimate of drug-likeness (QED) is 0.817. The highest BCUT2D eigenvalue weighted by atomic mass is 32.2. The maximum Gasteiger partial charge on any atom is 0.226 e. The predicted molar refractivity (Wildman–Crippen MR) is 89.5 cm³/mol. The van der Waals surface area contributed by atoms with Crippen LogP contribution < -0.4 is 5.32 Å². The molecular weight excluding hydrogens is 299 g/mol. The Labute approximate surface area is 136 Å². The van der Waals surface area contributed by atoms with Crippen molar-refractivity contribution in [3.05, 3.63) is 30.1 Å². The first-order valence-electron chi connectivity index (χ1n) is 7.92. The highest BCUT2D eigenvalue weighted by Crippen LogP contribution is 2.23. The first-order chi connectivity index (χ1) is 10.6. The monoisotopic (exact) mass is 324 g/mol. The van der Waals surface area contributed by atoms with Crippen molar-refractivity contribution in [2.75, 3.05) is 32.4 Å². The fraction of sp³-hybridized carbons (Fsp3) is 0.588. The van der Waals surface area contributed by atoms with E-state index in [0.29, 0.717) is 5.92 Å². The molecule has 0 aliphatic carbocycles. The Hall–Kier alpha value is -1.07. The molecule has 1 aliphatic rings. The largest absolute Gasteiger partial charge is 0.342 e. The van der Waals surface area contributed by atoms with Crippen molar-refractivity contribution >= 4 is 17.7 Å². The Morgan fingerprint density at radius 3 is 2.86 bits per heavy atom. The Balaban J connectivity index is 1.82. The molecule has 1 aliphatic heterocycles. The van der Waals surface area contributed by atoms with E-state index >= 15 is 0 Å². The van der Waals surface area contributed by atoms with Gasteiger partial charge in [0.25, 0.3) is 0 Å². The molecule has 1 aromatic rings. The van der Waals surface area contributed by atoms with Crippen LogP contribution in [0, 0.1) is 17.7 Å². The van der Waals surface area contributed by atoms with Crippen molar-refractivity contribution in [1.82, 2.24) is 10.2 Å². The first-order valence-corrected chi connectivity index (χ1v) is 8.90. The number of carbonyl (C=O) groups excluding carboxylic acids is 1. The zero-order valence-corrected chi connectivity index (χ0v) is 14.2. The van der Waals surface area contributed by atoms with E-state index in [1.807, 2.05) is 18.9 Å². The van der Waals surface area contributed by atoms with E-state index in [9.17, 15) is 9.18 Å². The van der Waals surface area contributed by atoms with Crippen molar-refractivity contribution in [1.29, 1.82) is 0 Å². The molecule has 1 amide bonds. The lowest BCUT2D eigenvalue weighted by molar-refractivity contribution is -0.136. The van der Waals surface area contributed by atoms with E-state index in [1.54, 1.807) is 23.9 Å². The molecule has 5 heteroatoms. The summed E-state index contributed by atoms with van der Waals surface area (Å²) in [5, 5.41) is 3.20. The maximum absolute atomic E-state index is 12.9. The van der Waals surface area contributed by atoms with Crippen LogP contribution in [-0.2, 0) is 4.79 Å². The molecule has 1 fully saturated rings. The zero-order chi connectivity index (χ0) is 15.9. The molecule has 0 spiro atoms. The number of halogens is 1. The van der Waals surface area contributed by atoms with Crippen LogP contribution in [0.5, 0.6) is 0 Å². The van der Waals surface area contributed by atoms with Crippen LogP contribution in [-0.4, -0.2) is 43.2 Å². The lowest BCUT2D eigenvalue weighted by atomic mass is 9.97. The second kappa shape index (κ2) is 8.53. The summed E-state index contributed by atoms with van der Waals surface area (Å²) in [4.78, 5) is 15.6. The smallest absolute Gasteiger partial charge is 0.226 e. The number of carbonyl (C=O) groups is 1. The number of nitrogens with one attached hydrogen (secondary N) is 1. The minimum Gasteiger partial charge on any atom is -0.342 e. The molecule has 2 unspecified atom stereocenters. The number of benzene rings is 1. The fourth-order valence-corrected chi connectivity index (χ4v) is 3.77. The van der Waals surface area contributed by atoms with E-state index in [-0.39, 0.29) is 17.6 Å². The maximum atomic E-state index is 12.9. The summed E-state index contributed by atoms with van der Waals surface area (Å²) in [5.41, 5.74) is 0. The van der Waals surface area contributed by atoms with Crippen LogP contribution in [0.1, 0.15) is 19.8 Å². The number of nitrogens with zero attached hydrogens (tertiary/aromatic N) is 1. The minimum absolute atomic E-state index is 0.0108. The summed E-state index contributed by atoms with van der Waals surface area (Å²) in [6.07, 6.45) is 2.29. The van der Waals surface area contributed by atoms with Gasteiger partial charge in [-0.2, -0.15) is 0 Å². The van der Waals surface area contributed by atoms with E-state index < -0.39 is 0 Å². The third kappa shape index (κ3) is 4.99. The SMILES string of the molecule is CNCC1CCCN(C(=O)C(C)CSc2ccc(F)cc2)C1. The summed E-state index contributed by atoms with van der Waals surface area (Å²) < 4.78 is 12.9. The molecule has 2 atom stereocenters. The normalized spacial score (nSPS) is 20.0. The first kappa shape index (κ1) is 17.3. The van der Waals surface area contributed by atoms with Gasteiger partial charge in [0, 0.05) is 29.7 Å². The van der Waals surface area contributed by atoms with E-state index in [1.165, 1.54) is 18.6 Å². The Morgan fingerprint density at radius 1 is 1.45 bits per heavy atom. The lowest BCUT2D eigenvalue weighted by Crippen LogP contribution is -2.44. The van der Waals surface area contributed by atoms with Crippen molar-refractivity contribution in [3.8, 4) is 0 Å². The van der Waals surface area contributed by atoms with Crippen molar-refractivity contribution in [2.45, 2.75) is 24.7 Å². The predicted octanol–water partition coefficient (Wildman–Crippen LogP) is 3.01. The van der Waals surface area contributed by atoms with Gasteiger partial charge < -0.3 is 10.2 Å². The number of thioether (sulfide) groups is 1. The van der Waals surface area contributed by atoms with E-state index in [4.69, 9.17) is 0 Å². The molecule has 0 bridgehead atoms. The number of rotatable bonds is 6. The Bertz CT molecular complexity index is 478. The van der Waals surface area contributed by atoms with Crippen LogP contribution in [0.4, 0.5) is 4.39 Å². The van der Waals surface area contributed by atoms with Gasteiger partial charge in [-0.25, -0.2) is 4.39 Å². The van der Waals surface area contributed by atoms with Crippen molar-refractivity contribution < 1.29 is 9.18 Å². The van der Waals surface area contributed by atoms with E-state index in [2.05, 4.69) is 5.32 Å². The molecule has 0 aromatic heterocycles. The number of likely N-dealkylation sites (tertiary alicyclic amines) is 1. The molecule has 1 N–H and O–H groups in total. The molecular formula is C17H25FN2OS. The zero-order valence-electron chi connectivity index (χ0n) is 13.3. The van der Waals surface area contributed by atoms with Crippen molar-refractivity contribution in [3.63, 3.8) is 0 Å². The number of hydrogen-bond acceptors (Lipinski definition) is 3.